The average Bonchev–Trinajstić information content (AvgIpc) is 3.05. The molecule has 0 radical (unpaired) electrons. The number of halogens is 1. The number of amides is 1. The SMILES string of the molecule is O=C(C1CCCCC1)N1CC[C@H]([S+]([O-])c2ccc(F)cc2)C1. The molecule has 0 spiro atoms. The molecule has 1 saturated heterocycles. The molecule has 1 unspecified atom stereocenters. The number of carbonyl (C=O) groups excluding carboxylic acids is 1. The molecular formula is C17H22FNO2S. The molecule has 0 aromatic heterocycles. The van der Waals surface area contributed by atoms with Crippen molar-refractivity contribution in [2.24, 2.45) is 5.92 Å². The van der Waals surface area contributed by atoms with Gasteiger partial charge in [-0.05, 0) is 48.3 Å². The van der Waals surface area contributed by atoms with E-state index in [1.54, 1.807) is 12.1 Å². The molecule has 1 aromatic rings. The smallest absolute Gasteiger partial charge is 0.225 e. The van der Waals surface area contributed by atoms with Gasteiger partial charge in [0.1, 0.15) is 11.1 Å². The number of benzene rings is 1. The molecule has 120 valence electrons. The molecule has 1 aromatic carbocycles. The van der Waals surface area contributed by atoms with E-state index in [2.05, 4.69) is 0 Å². The van der Waals surface area contributed by atoms with Crippen LogP contribution in [0.15, 0.2) is 29.2 Å². The van der Waals surface area contributed by atoms with Crippen molar-refractivity contribution < 1.29 is 13.7 Å². The van der Waals surface area contributed by atoms with Gasteiger partial charge in [0, 0.05) is 18.9 Å². The third-order valence-electron chi connectivity index (χ3n) is 4.76. The first-order valence-corrected chi connectivity index (χ1v) is 9.31. The molecule has 1 aliphatic heterocycles. The van der Waals surface area contributed by atoms with Gasteiger partial charge in [0.15, 0.2) is 4.90 Å². The minimum atomic E-state index is -1.17. The van der Waals surface area contributed by atoms with Crippen molar-refractivity contribution in [2.45, 2.75) is 48.7 Å². The van der Waals surface area contributed by atoms with Crippen LogP contribution in [0.1, 0.15) is 38.5 Å². The van der Waals surface area contributed by atoms with E-state index in [-0.39, 0.29) is 22.9 Å². The molecule has 1 heterocycles. The predicted octanol–water partition coefficient (Wildman–Crippen LogP) is 3.11. The summed E-state index contributed by atoms with van der Waals surface area (Å²) in [6.07, 6.45) is 6.30. The second-order valence-corrected chi connectivity index (χ2v) is 8.01. The van der Waals surface area contributed by atoms with E-state index in [1.165, 1.54) is 18.6 Å². The summed E-state index contributed by atoms with van der Waals surface area (Å²) in [6, 6.07) is 5.84. The normalized spacial score (nSPS) is 24.5. The topological polar surface area (TPSA) is 43.4 Å². The van der Waals surface area contributed by atoms with Gasteiger partial charge < -0.3 is 9.45 Å². The van der Waals surface area contributed by atoms with E-state index in [9.17, 15) is 13.7 Å². The minimum absolute atomic E-state index is 0.0296. The van der Waals surface area contributed by atoms with Gasteiger partial charge in [0.2, 0.25) is 5.91 Å². The quantitative estimate of drug-likeness (QED) is 0.802. The van der Waals surface area contributed by atoms with Crippen LogP contribution in [0, 0.1) is 11.7 Å². The van der Waals surface area contributed by atoms with Crippen LogP contribution >= 0.6 is 0 Å². The highest BCUT2D eigenvalue weighted by molar-refractivity contribution is 7.92. The Balaban J connectivity index is 1.59. The Hall–Kier alpha value is -1.07. The zero-order valence-electron chi connectivity index (χ0n) is 12.7. The zero-order valence-corrected chi connectivity index (χ0v) is 13.5. The molecule has 2 fully saturated rings. The van der Waals surface area contributed by atoms with Crippen molar-refractivity contribution in [1.29, 1.82) is 0 Å². The lowest BCUT2D eigenvalue weighted by atomic mass is 9.88. The number of hydrogen-bond donors (Lipinski definition) is 0. The third kappa shape index (κ3) is 3.46. The Morgan fingerprint density at radius 3 is 2.50 bits per heavy atom. The summed E-state index contributed by atoms with van der Waals surface area (Å²) in [5, 5.41) is -0.0296. The van der Waals surface area contributed by atoms with Gasteiger partial charge in [0.25, 0.3) is 0 Å². The molecule has 2 atom stereocenters. The summed E-state index contributed by atoms with van der Waals surface area (Å²) < 4.78 is 25.5. The van der Waals surface area contributed by atoms with Gasteiger partial charge in [-0.15, -0.1) is 0 Å². The lowest BCUT2D eigenvalue weighted by Gasteiger charge is -2.26. The zero-order chi connectivity index (χ0) is 15.5. The fourth-order valence-corrected chi connectivity index (χ4v) is 4.90. The molecule has 3 rings (SSSR count). The van der Waals surface area contributed by atoms with E-state index < -0.39 is 11.2 Å². The van der Waals surface area contributed by atoms with E-state index in [0.717, 1.165) is 32.1 Å². The second kappa shape index (κ2) is 7.01. The Labute approximate surface area is 134 Å². The first-order chi connectivity index (χ1) is 10.6. The van der Waals surface area contributed by atoms with Gasteiger partial charge in [-0.1, -0.05) is 19.3 Å². The molecule has 0 bridgehead atoms. The molecule has 1 saturated carbocycles. The molecule has 22 heavy (non-hydrogen) atoms. The largest absolute Gasteiger partial charge is 0.611 e. The number of rotatable bonds is 3. The molecule has 2 aliphatic rings. The van der Waals surface area contributed by atoms with Crippen molar-refractivity contribution >= 4 is 17.1 Å². The number of carbonyl (C=O) groups is 1. The van der Waals surface area contributed by atoms with E-state index >= 15 is 0 Å². The Kier molecular flexibility index (Phi) is 5.03. The fourth-order valence-electron chi connectivity index (χ4n) is 3.47. The Bertz CT molecular complexity index is 516. The van der Waals surface area contributed by atoms with Crippen LogP contribution in [-0.4, -0.2) is 33.7 Å². The maximum atomic E-state index is 12.9. The number of hydrogen-bond acceptors (Lipinski definition) is 2. The van der Waals surface area contributed by atoms with Crippen LogP contribution in [0.4, 0.5) is 4.39 Å². The maximum Gasteiger partial charge on any atom is 0.225 e. The monoisotopic (exact) mass is 323 g/mol. The highest BCUT2D eigenvalue weighted by atomic mass is 32.2. The van der Waals surface area contributed by atoms with Crippen LogP contribution in [0.2, 0.25) is 0 Å². The highest BCUT2D eigenvalue weighted by Gasteiger charge is 2.37. The van der Waals surface area contributed by atoms with Crippen LogP contribution in [0.5, 0.6) is 0 Å². The van der Waals surface area contributed by atoms with Crippen molar-refractivity contribution in [3.63, 3.8) is 0 Å². The van der Waals surface area contributed by atoms with Gasteiger partial charge >= 0.3 is 0 Å². The van der Waals surface area contributed by atoms with Crippen molar-refractivity contribution in [3.8, 4) is 0 Å². The first-order valence-electron chi connectivity index (χ1n) is 8.10. The van der Waals surface area contributed by atoms with E-state index in [4.69, 9.17) is 0 Å². The summed E-state index contributed by atoms with van der Waals surface area (Å²) in [4.78, 5) is 15.1. The van der Waals surface area contributed by atoms with Crippen LogP contribution in [-0.2, 0) is 16.0 Å². The molecular weight excluding hydrogens is 301 g/mol. The van der Waals surface area contributed by atoms with Crippen LogP contribution < -0.4 is 0 Å². The summed E-state index contributed by atoms with van der Waals surface area (Å²) in [7, 11) is 0. The summed E-state index contributed by atoms with van der Waals surface area (Å²) in [5.41, 5.74) is 0. The van der Waals surface area contributed by atoms with Crippen LogP contribution in [0.25, 0.3) is 0 Å². The lowest BCUT2D eigenvalue weighted by Crippen LogP contribution is -2.37. The summed E-state index contributed by atoms with van der Waals surface area (Å²) in [6.45, 7) is 1.27. The highest BCUT2D eigenvalue weighted by Crippen LogP contribution is 2.29. The van der Waals surface area contributed by atoms with Gasteiger partial charge in [-0.25, -0.2) is 4.39 Å². The molecule has 3 nitrogen and oxygen atoms in total. The fraction of sp³-hybridized carbons (Fsp3) is 0.588. The molecule has 1 aliphatic carbocycles. The van der Waals surface area contributed by atoms with Gasteiger partial charge in [-0.3, -0.25) is 4.79 Å². The molecule has 0 N–H and O–H groups in total. The van der Waals surface area contributed by atoms with E-state index in [0.29, 0.717) is 18.0 Å². The molecule has 1 amide bonds. The number of nitrogens with zero attached hydrogens (tertiary/aromatic N) is 1. The maximum absolute atomic E-state index is 12.9. The number of likely N-dealkylation sites (tertiary alicyclic amines) is 1. The first kappa shape index (κ1) is 15.8. The van der Waals surface area contributed by atoms with Gasteiger partial charge in [-0.2, -0.15) is 0 Å². The van der Waals surface area contributed by atoms with Crippen molar-refractivity contribution in [1.82, 2.24) is 4.90 Å². The van der Waals surface area contributed by atoms with E-state index in [1.807, 2.05) is 4.90 Å². The predicted molar refractivity (Wildman–Crippen MR) is 84.4 cm³/mol. The third-order valence-corrected chi connectivity index (χ3v) is 6.49. The lowest BCUT2D eigenvalue weighted by molar-refractivity contribution is -0.135. The van der Waals surface area contributed by atoms with Crippen molar-refractivity contribution in [2.75, 3.05) is 13.1 Å². The van der Waals surface area contributed by atoms with Gasteiger partial charge in [0.05, 0.1) is 6.54 Å². The Morgan fingerprint density at radius 1 is 1.14 bits per heavy atom. The van der Waals surface area contributed by atoms with Crippen LogP contribution in [0.3, 0.4) is 0 Å². The standard InChI is InChI=1S/C17H22FNO2S/c18-14-6-8-15(9-7-14)22(21)16-10-11-19(12-16)17(20)13-4-2-1-3-5-13/h6-9,13,16H,1-5,10-12H2/t16-,22?/m0/s1. The molecule has 5 heteroatoms. The summed E-state index contributed by atoms with van der Waals surface area (Å²) >= 11 is -1.17. The Morgan fingerprint density at radius 2 is 1.82 bits per heavy atom. The minimum Gasteiger partial charge on any atom is -0.611 e. The average molecular weight is 323 g/mol. The summed E-state index contributed by atoms with van der Waals surface area (Å²) in [5.74, 6) is 0.103. The van der Waals surface area contributed by atoms with Crippen molar-refractivity contribution in [3.05, 3.63) is 30.1 Å². The second-order valence-electron chi connectivity index (χ2n) is 6.28.